The minimum absolute atomic E-state index is 0.0419. The van der Waals surface area contributed by atoms with Crippen LogP contribution in [0.25, 0.3) is 0 Å². The third kappa shape index (κ3) is 1.33. The predicted molar refractivity (Wildman–Crippen MR) is 40.4 cm³/mol. The molecule has 1 aliphatic rings. The molecule has 0 amide bonds. The second kappa shape index (κ2) is 3.26. The summed E-state index contributed by atoms with van der Waals surface area (Å²) in [4.78, 5) is 0. The first-order valence-corrected chi connectivity index (χ1v) is 3.94. The Labute approximate surface area is 70.8 Å². The summed E-state index contributed by atoms with van der Waals surface area (Å²) in [5, 5.41) is 0. The Morgan fingerprint density at radius 1 is 1.08 bits per heavy atom. The van der Waals surface area contributed by atoms with Gasteiger partial charge in [0.05, 0.1) is 18.6 Å². The molecule has 0 spiro atoms. The number of hydrogen-bond acceptors (Lipinski definition) is 2. The van der Waals surface area contributed by atoms with Crippen LogP contribution in [-0.2, 0) is 9.47 Å². The Bertz CT molecular complexity index is 153. The number of methoxy groups -OCH3 is 2. The molecule has 0 saturated heterocycles. The molecule has 72 valence electrons. The molecule has 0 unspecified atom stereocenters. The minimum Gasteiger partial charge on any atom is -0.384 e. The van der Waals surface area contributed by atoms with Crippen molar-refractivity contribution in [3.05, 3.63) is 0 Å². The number of ether oxygens (including phenoxy) is 2. The fraction of sp³-hybridized carbons (Fsp3) is 1.00. The molecule has 12 heavy (non-hydrogen) atoms. The van der Waals surface area contributed by atoms with Crippen LogP contribution in [-0.4, -0.2) is 33.4 Å². The molecule has 1 aliphatic carbocycles. The maximum absolute atomic E-state index is 13.1. The molecule has 1 rings (SSSR count). The van der Waals surface area contributed by atoms with Gasteiger partial charge in [0.25, 0.3) is 5.92 Å². The Morgan fingerprint density at radius 3 is 1.75 bits per heavy atom. The predicted octanol–water partition coefficient (Wildman–Crippen LogP) is 1.69. The zero-order valence-corrected chi connectivity index (χ0v) is 7.40. The molecule has 0 N–H and O–H groups in total. The zero-order valence-electron chi connectivity index (χ0n) is 7.40. The van der Waals surface area contributed by atoms with Gasteiger partial charge in [-0.1, -0.05) is 0 Å². The van der Waals surface area contributed by atoms with Crippen molar-refractivity contribution in [3.8, 4) is 0 Å². The van der Waals surface area contributed by atoms with E-state index in [1.807, 2.05) is 0 Å². The van der Waals surface area contributed by atoms with Crippen molar-refractivity contribution in [2.75, 3.05) is 27.4 Å². The molecule has 1 fully saturated rings. The largest absolute Gasteiger partial charge is 0.384 e. The molecule has 0 aromatic carbocycles. The lowest BCUT2D eigenvalue weighted by Crippen LogP contribution is -2.56. The summed E-state index contributed by atoms with van der Waals surface area (Å²) in [5.74, 6) is -2.61. The highest BCUT2D eigenvalue weighted by Gasteiger charge is 2.61. The molecule has 0 atom stereocenters. The van der Waals surface area contributed by atoms with Crippen molar-refractivity contribution in [3.63, 3.8) is 0 Å². The summed E-state index contributed by atoms with van der Waals surface area (Å²) in [6, 6.07) is 0. The van der Waals surface area contributed by atoms with Crippen molar-refractivity contribution >= 4 is 0 Å². The van der Waals surface area contributed by atoms with Gasteiger partial charge in [-0.25, -0.2) is 8.78 Å². The highest BCUT2D eigenvalue weighted by Crippen LogP contribution is 2.54. The van der Waals surface area contributed by atoms with E-state index >= 15 is 0 Å². The highest BCUT2D eigenvalue weighted by molar-refractivity contribution is 5.02. The van der Waals surface area contributed by atoms with E-state index in [0.29, 0.717) is 6.42 Å². The Morgan fingerprint density at radius 2 is 1.58 bits per heavy atom. The van der Waals surface area contributed by atoms with Crippen molar-refractivity contribution in [2.45, 2.75) is 18.8 Å². The maximum Gasteiger partial charge on any atom is 0.258 e. The van der Waals surface area contributed by atoms with E-state index in [9.17, 15) is 8.78 Å². The summed E-state index contributed by atoms with van der Waals surface area (Å²) in [6.45, 7) is 0.154. The zero-order chi connectivity index (χ0) is 9.24. The van der Waals surface area contributed by atoms with Gasteiger partial charge in [0.2, 0.25) is 0 Å². The van der Waals surface area contributed by atoms with Crippen LogP contribution in [0.1, 0.15) is 12.8 Å². The van der Waals surface area contributed by atoms with Crippen LogP contribution in [0, 0.1) is 5.41 Å². The summed E-state index contributed by atoms with van der Waals surface area (Å²) < 4.78 is 35.7. The molecule has 0 aliphatic heterocycles. The summed E-state index contributed by atoms with van der Waals surface area (Å²) in [5.41, 5.74) is -1.06. The first-order chi connectivity index (χ1) is 5.58. The van der Waals surface area contributed by atoms with Gasteiger partial charge in [0, 0.05) is 20.6 Å². The van der Waals surface area contributed by atoms with Crippen LogP contribution >= 0.6 is 0 Å². The number of halogens is 2. The van der Waals surface area contributed by atoms with Gasteiger partial charge in [-0.15, -0.1) is 0 Å². The molecule has 0 aromatic heterocycles. The Kier molecular flexibility index (Phi) is 2.68. The van der Waals surface area contributed by atoms with Gasteiger partial charge < -0.3 is 9.47 Å². The van der Waals surface area contributed by atoms with E-state index in [1.165, 1.54) is 14.2 Å². The third-order valence-corrected chi connectivity index (χ3v) is 2.53. The number of rotatable bonds is 4. The second-order valence-electron chi connectivity index (χ2n) is 3.35. The topological polar surface area (TPSA) is 18.5 Å². The van der Waals surface area contributed by atoms with E-state index in [2.05, 4.69) is 0 Å². The first-order valence-electron chi connectivity index (χ1n) is 3.94. The van der Waals surface area contributed by atoms with Gasteiger partial charge in [-0.3, -0.25) is 0 Å². The standard InChI is InChI=1S/C8H14F2O2/c1-11-5-7(6-12-2)3-4-8(7,9)10/h3-6H2,1-2H3. The number of alkyl halides is 2. The maximum atomic E-state index is 13.1. The normalized spacial score (nSPS) is 25.0. The monoisotopic (exact) mass is 180 g/mol. The molecule has 2 nitrogen and oxygen atoms in total. The van der Waals surface area contributed by atoms with Crippen LogP contribution in [0.15, 0.2) is 0 Å². The fourth-order valence-electron chi connectivity index (χ4n) is 1.62. The quantitative estimate of drug-likeness (QED) is 0.655. The SMILES string of the molecule is COCC1(COC)CCC1(F)F. The third-order valence-electron chi connectivity index (χ3n) is 2.53. The van der Waals surface area contributed by atoms with Crippen LogP contribution in [0.3, 0.4) is 0 Å². The Hall–Kier alpha value is -0.220. The van der Waals surface area contributed by atoms with Crippen LogP contribution in [0.5, 0.6) is 0 Å². The smallest absolute Gasteiger partial charge is 0.258 e. The Balaban J connectivity index is 2.60. The van der Waals surface area contributed by atoms with E-state index in [4.69, 9.17) is 9.47 Å². The lowest BCUT2D eigenvalue weighted by molar-refractivity contribution is -0.239. The highest BCUT2D eigenvalue weighted by atomic mass is 19.3. The van der Waals surface area contributed by atoms with E-state index < -0.39 is 11.3 Å². The molecular weight excluding hydrogens is 166 g/mol. The molecule has 0 aromatic rings. The van der Waals surface area contributed by atoms with Gasteiger partial charge >= 0.3 is 0 Å². The van der Waals surface area contributed by atoms with Crippen molar-refractivity contribution in [2.24, 2.45) is 5.41 Å². The van der Waals surface area contributed by atoms with Crippen LogP contribution in [0.2, 0.25) is 0 Å². The van der Waals surface area contributed by atoms with Gasteiger partial charge in [0.1, 0.15) is 0 Å². The minimum atomic E-state index is -2.61. The van der Waals surface area contributed by atoms with Crippen LogP contribution < -0.4 is 0 Å². The van der Waals surface area contributed by atoms with Gasteiger partial charge in [-0.2, -0.15) is 0 Å². The van der Waals surface area contributed by atoms with E-state index in [1.54, 1.807) is 0 Å². The molecule has 0 bridgehead atoms. The molecule has 0 heterocycles. The van der Waals surface area contributed by atoms with Crippen molar-refractivity contribution < 1.29 is 18.3 Å². The molecule has 0 radical (unpaired) electrons. The van der Waals surface area contributed by atoms with Gasteiger partial charge in [0.15, 0.2) is 0 Å². The van der Waals surface area contributed by atoms with Crippen molar-refractivity contribution in [1.29, 1.82) is 0 Å². The second-order valence-corrected chi connectivity index (χ2v) is 3.35. The molecule has 1 saturated carbocycles. The average molecular weight is 180 g/mol. The fourth-order valence-corrected chi connectivity index (χ4v) is 1.62. The number of hydrogen-bond donors (Lipinski definition) is 0. The van der Waals surface area contributed by atoms with Gasteiger partial charge in [-0.05, 0) is 6.42 Å². The molecular formula is C8H14F2O2. The van der Waals surface area contributed by atoms with Crippen molar-refractivity contribution in [1.82, 2.24) is 0 Å². The first kappa shape index (κ1) is 9.86. The van der Waals surface area contributed by atoms with E-state index in [0.717, 1.165) is 0 Å². The summed E-state index contributed by atoms with van der Waals surface area (Å²) in [6.07, 6.45) is 0.446. The average Bonchev–Trinajstić information content (AvgIpc) is 2.02. The summed E-state index contributed by atoms with van der Waals surface area (Å²) in [7, 11) is 2.87. The lowest BCUT2D eigenvalue weighted by atomic mass is 9.66. The summed E-state index contributed by atoms with van der Waals surface area (Å²) >= 11 is 0. The van der Waals surface area contributed by atoms with Crippen LogP contribution in [0.4, 0.5) is 8.78 Å². The van der Waals surface area contributed by atoms with E-state index in [-0.39, 0.29) is 19.6 Å². The lowest BCUT2D eigenvalue weighted by Gasteiger charge is -2.48. The molecule has 4 heteroatoms.